The first-order valence-electron chi connectivity index (χ1n) is 14.6. The summed E-state index contributed by atoms with van der Waals surface area (Å²) < 4.78 is 29.4. The number of likely N-dealkylation sites (N-methyl/N-ethyl adjacent to an activating group) is 1. The second-order valence-electron chi connectivity index (χ2n) is 11.1. The molecule has 0 bridgehead atoms. The Morgan fingerprint density at radius 1 is 0.822 bits per heavy atom. The molecule has 0 aliphatic heterocycles. The SMILES string of the molecule is CNC(=O)[C@H](Cc1ccccc1)N(Cc1c(Cl)cccc1Cl)C(=O)CN(c1ccc(C(C)C)cc1)S(=O)(=O)c1ccc(C)cc1. The van der Waals surface area contributed by atoms with Crippen LogP contribution in [0.2, 0.25) is 10.0 Å². The average Bonchev–Trinajstić information content (AvgIpc) is 3.03. The lowest BCUT2D eigenvalue weighted by molar-refractivity contribution is -0.139. The van der Waals surface area contributed by atoms with Crippen LogP contribution < -0.4 is 9.62 Å². The Morgan fingerprint density at radius 2 is 1.42 bits per heavy atom. The normalized spacial score (nSPS) is 12.1. The number of sulfonamides is 1. The summed E-state index contributed by atoms with van der Waals surface area (Å²) in [5.41, 5.74) is 3.52. The predicted octanol–water partition coefficient (Wildman–Crippen LogP) is 7.01. The van der Waals surface area contributed by atoms with Crippen LogP contribution in [0.1, 0.15) is 42.0 Å². The van der Waals surface area contributed by atoms with Crippen molar-refractivity contribution in [3.05, 3.63) is 129 Å². The Kier molecular flexibility index (Phi) is 11.3. The van der Waals surface area contributed by atoms with Gasteiger partial charge in [0.1, 0.15) is 12.6 Å². The number of hydrogen-bond acceptors (Lipinski definition) is 4. The van der Waals surface area contributed by atoms with Crippen molar-refractivity contribution in [2.75, 3.05) is 17.9 Å². The van der Waals surface area contributed by atoms with Crippen LogP contribution >= 0.6 is 23.2 Å². The van der Waals surface area contributed by atoms with Crippen molar-refractivity contribution in [2.24, 2.45) is 0 Å². The molecule has 1 N–H and O–H groups in total. The first kappa shape index (κ1) is 34.0. The molecule has 0 aliphatic rings. The summed E-state index contributed by atoms with van der Waals surface area (Å²) in [6.07, 6.45) is 0.183. The van der Waals surface area contributed by atoms with E-state index in [0.717, 1.165) is 21.0 Å². The summed E-state index contributed by atoms with van der Waals surface area (Å²) in [4.78, 5) is 29.3. The zero-order valence-electron chi connectivity index (χ0n) is 25.7. The number of amides is 2. The van der Waals surface area contributed by atoms with E-state index in [9.17, 15) is 18.0 Å². The highest BCUT2D eigenvalue weighted by Gasteiger charge is 2.35. The molecule has 4 aromatic rings. The number of carbonyl (C=O) groups is 2. The van der Waals surface area contributed by atoms with Crippen molar-refractivity contribution in [1.82, 2.24) is 10.2 Å². The van der Waals surface area contributed by atoms with Gasteiger partial charge in [-0.3, -0.25) is 13.9 Å². The number of nitrogens with one attached hydrogen (secondary N) is 1. The van der Waals surface area contributed by atoms with Crippen LogP contribution in [0.4, 0.5) is 5.69 Å². The van der Waals surface area contributed by atoms with E-state index in [1.807, 2.05) is 63.2 Å². The third-order valence-electron chi connectivity index (χ3n) is 7.64. The first-order valence-corrected chi connectivity index (χ1v) is 16.8. The fraction of sp³-hybridized carbons (Fsp3) is 0.257. The second-order valence-corrected chi connectivity index (χ2v) is 13.8. The molecule has 0 aromatic heterocycles. The largest absolute Gasteiger partial charge is 0.357 e. The smallest absolute Gasteiger partial charge is 0.264 e. The predicted molar refractivity (Wildman–Crippen MR) is 181 cm³/mol. The minimum Gasteiger partial charge on any atom is -0.357 e. The minimum absolute atomic E-state index is 0.0432. The van der Waals surface area contributed by atoms with Crippen molar-refractivity contribution in [2.45, 2.75) is 50.6 Å². The molecule has 0 fully saturated rings. The fourth-order valence-electron chi connectivity index (χ4n) is 4.97. The van der Waals surface area contributed by atoms with Crippen molar-refractivity contribution < 1.29 is 18.0 Å². The molecule has 45 heavy (non-hydrogen) atoms. The van der Waals surface area contributed by atoms with Crippen molar-refractivity contribution in [3.8, 4) is 0 Å². The fourth-order valence-corrected chi connectivity index (χ4v) is 6.90. The Labute approximate surface area is 275 Å². The molecule has 236 valence electrons. The number of halogens is 2. The molecule has 4 aromatic carbocycles. The lowest BCUT2D eigenvalue weighted by Crippen LogP contribution is -2.53. The number of aryl methyl sites for hydroxylation is 1. The molecule has 0 aliphatic carbocycles. The molecule has 0 saturated heterocycles. The van der Waals surface area contributed by atoms with Gasteiger partial charge in [0.25, 0.3) is 10.0 Å². The number of benzene rings is 4. The molecule has 0 spiro atoms. The lowest BCUT2D eigenvalue weighted by Gasteiger charge is -2.34. The monoisotopic (exact) mass is 665 g/mol. The lowest BCUT2D eigenvalue weighted by atomic mass is 10.0. The molecule has 10 heteroatoms. The van der Waals surface area contributed by atoms with E-state index in [0.29, 0.717) is 21.3 Å². The topological polar surface area (TPSA) is 86.8 Å². The zero-order chi connectivity index (χ0) is 32.7. The Balaban J connectivity index is 1.82. The summed E-state index contributed by atoms with van der Waals surface area (Å²) in [6.45, 7) is 5.27. The van der Waals surface area contributed by atoms with E-state index >= 15 is 0 Å². The van der Waals surface area contributed by atoms with Crippen molar-refractivity contribution >= 4 is 50.7 Å². The quantitative estimate of drug-likeness (QED) is 0.176. The van der Waals surface area contributed by atoms with Crippen LogP contribution in [0.25, 0.3) is 0 Å². The zero-order valence-corrected chi connectivity index (χ0v) is 28.0. The van der Waals surface area contributed by atoms with Gasteiger partial charge in [0, 0.05) is 35.6 Å². The van der Waals surface area contributed by atoms with Gasteiger partial charge in [-0.2, -0.15) is 0 Å². The Hall–Kier alpha value is -3.85. The van der Waals surface area contributed by atoms with Crippen LogP contribution in [0.15, 0.2) is 102 Å². The van der Waals surface area contributed by atoms with Crippen LogP contribution in [0, 0.1) is 6.92 Å². The number of hydrogen-bond donors (Lipinski definition) is 1. The molecule has 7 nitrogen and oxygen atoms in total. The maximum Gasteiger partial charge on any atom is 0.264 e. The third kappa shape index (κ3) is 8.25. The van der Waals surface area contributed by atoms with E-state index in [1.165, 1.54) is 24.1 Å². The summed E-state index contributed by atoms with van der Waals surface area (Å²) in [5, 5.41) is 3.31. The highest BCUT2D eigenvalue weighted by molar-refractivity contribution is 7.92. The standard InChI is InChI=1S/C35H37Cl2N3O4S/c1-24(2)27-15-17-28(18-16-27)40(45(43,44)29-19-13-25(3)14-20-29)23-34(41)39(22-30-31(36)11-8-12-32(30)37)33(35(42)38-4)21-26-9-6-5-7-10-26/h5-20,24,33H,21-23H2,1-4H3,(H,38,42)/t33-/m0/s1. The summed E-state index contributed by atoms with van der Waals surface area (Å²) >= 11 is 13.1. The molecule has 0 unspecified atom stereocenters. The highest BCUT2D eigenvalue weighted by Crippen LogP contribution is 2.30. The van der Waals surface area contributed by atoms with Crippen LogP contribution in [-0.2, 0) is 32.6 Å². The first-order chi connectivity index (χ1) is 21.4. The van der Waals surface area contributed by atoms with Gasteiger partial charge < -0.3 is 10.2 Å². The van der Waals surface area contributed by atoms with Gasteiger partial charge in [-0.25, -0.2) is 8.42 Å². The summed E-state index contributed by atoms with van der Waals surface area (Å²) in [7, 11) is -2.70. The van der Waals surface area contributed by atoms with Gasteiger partial charge in [-0.1, -0.05) is 103 Å². The third-order valence-corrected chi connectivity index (χ3v) is 10.1. The molecule has 0 saturated carbocycles. The average molecular weight is 667 g/mol. The molecular weight excluding hydrogens is 629 g/mol. The second kappa shape index (κ2) is 15.0. The van der Waals surface area contributed by atoms with Gasteiger partial charge in [-0.15, -0.1) is 0 Å². The van der Waals surface area contributed by atoms with Crippen LogP contribution in [-0.4, -0.2) is 44.8 Å². The number of nitrogens with zero attached hydrogens (tertiary/aromatic N) is 2. The highest BCUT2D eigenvalue weighted by atomic mass is 35.5. The maximum atomic E-state index is 14.5. The number of anilines is 1. The van der Waals surface area contributed by atoms with E-state index in [2.05, 4.69) is 5.32 Å². The molecular formula is C35H37Cl2N3O4S. The molecule has 4 rings (SSSR count). The van der Waals surface area contributed by atoms with E-state index in [4.69, 9.17) is 23.2 Å². The van der Waals surface area contributed by atoms with Crippen LogP contribution in [0.3, 0.4) is 0 Å². The minimum atomic E-state index is -4.20. The number of rotatable bonds is 12. The molecule has 0 heterocycles. The Morgan fingerprint density at radius 3 is 1.98 bits per heavy atom. The molecule has 1 atom stereocenters. The van der Waals surface area contributed by atoms with Gasteiger partial charge in [-0.05, 0) is 60.4 Å². The van der Waals surface area contributed by atoms with Crippen LogP contribution in [0.5, 0.6) is 0 Å². The van der Waals surface area contributed by atoms with Gasteiger partial charge in [0.15, 0.2) is 0 Å². The van der Waals surface area contributed by atoms with Gasteiger partial charge >= 0.3 is 0 Å². The van der Waals surface area contributed by atoms with E-state index in [-0.39, 0.29) is 23.8 Å². The molecule has 0 radical (unpaired) electrons. The van der Waals surface area contributed by atoms with E-state index < -0.39 is 34.4 Å². The van der Waals surface area contributed by atoms with Gasteiger partial charge in [0.2, 0.25) is 11.8 Å². The van der Waals surface area contributed by atoms with Gasteiger partial charge in [0.05, 0.1) is 10.6 Å². The molecule has 2 amide bonds. The van der Waals surface area contributed by atoms with Crippen molar-refractivity contribution in [3.63, 3.8) is 0 Å². The number of carbonyl (C=O) groups excluding carboxylic acids is 2. The van der Waals surface area contributed by atoms with E-state index in [1.54, 1.807) is 42.5 Å². The summed E-state index contributed by atoms with van der Waals surface area (Å²) in [6, 6.07) is 26.9. The van der Waals surface area contributed by atoms with Crippen molar-refractivity contribution in [1.29, 1.82) is 0 Å². The Bertz CT molecular complexity index is 1710. The summed E-state index contributed by atoms with van der Waals surface area (Å²) in [5.74, 6) is -0.784. The maximum absolute atomic E-state index is 14.5.